The highest BCUT2D eigenvalue weighted by Crippen LogP contribution is 2.42. The molecule has 2 aliphatic heterocycles. The second kappa shape index (κ2) is 5.84. The Balaban J connectivity index is 2.42. The highest BCUT2D eigenvalue weighted by Gasteiger charge is 2.42. The van der Waals surface area contributed by atoms with Crippen molar-refractivity contribution in [2.45, 2.75) is 67.0 Å². The summed E-state index contributed by atoms with van der Waals surface area (Å²) in [6.45, 7) is 16.4. The first-order valence-electron chi connectivity index (χ1n) is 8.52. The normalized spacial score (nSPS) is 25.2. The molecule has 1 fully saturated rings. The van der Waals surface area contributed by atoms with Gasteiger partial charge in [0, 0.05) is 31.1 Å². The number of rotatable bonds is 1. The van der Waals surface area contributed by atoms with Gasteiger partial charge in [0.2, 0.25) is 0 Å². The predicted molar refractivity (Wildman–Crippen MR) is 95.5 cm³/mol. The van der Waals surface area contributed by atoms with Crippen LogP contribution < -0.4 is 10.6 Å². The highest BCUT2D eigenvalue weighted by atomic mass is 16.2. The largest absolute Gasteiger partial charge is 0.341 e. The van der Waals surface area contributed by atoms with Crippen molar-refractivity contribution in [3.63, 3.8) is 0 Å². The predicted octanol–water partition coefficient (Wildman–Crippen LogP) is 3.14. The number of carbonyl (C=O) groups excluding carboxylic acids is 1. The molecule has 130 valence electrons. The zero-order valence-corrected chi connectivity index (χ0v) is 15.9. The van der Waals surface area contributed by atoms with E-state index in [-0.39, 0.29) is 28.9 Å². The van der Waals surface area contributed by atoms with Gasteiger partial charge in [0.15, 0.2) is 0 Å². The van der Waals surface area contributed by atoms with Crippen molar-refractivity contribution >= 4 is 11.9 Å². The monoisotopic (exact) mass is 320 g/mol. The van der Waals surface area contributed by atoms with E-state index in [9.17, 15) is 4.79 Å². The van der Waals surface area contributed by atoms with E-state index < -0.39 is 0 Å². The smallest absolute Gasteiger partial charge is 0.314 e. The Kier molecular flexibility index (Phi) is 4.53. The Hall–Kier alpha value is -1.52. The zero-order valence-electron chi connectivity index (χ0n) is 15.9. The number of hydrogen-bond acceptors (Lipinski definition) is 3. The molecular weight excluding hydrogens is 288 g/mol. The summed E-state index contributed by atoms with van der Waals surface area (Å²) in [5.74, 6) is 1.13. The summed E-state index contributed by atoms with van der Waals surface area (Å²) in [5, 5.41) is 5.71. The lowest BCUT2D eigenvalue weighted by Gasteiger charge is -2.41. The van der Waals surface area contributed by atoms with Crippen molar-refractivity contribution in [2.24, 2.45) is 15.8 Å². The first-order valence-corrected chi connectivity index (χ1v) is 8.52. The minimum Gasteiger partial charge on any atom is -0.341 e. The maximum Gasteiger partial charge on any atom is 0.314 e. The molecule has 2 aliphatic rings. The average molecular weight is 320 g/mol. The quantitative estimate of drug-likeness (QED) is 0.780. The van der Waals surface area contributed by atoms with Crippen LogP contribution in [0.3, 0.4) is 0 Å². The van der Waals surface area contributed by atoms with Crippen molar-refractivity contribution in [1.82, 2.24) is 15.5 Å². The molecule has 5 nitrogen and oxygen atoms in total. The molecule has 0 unspecified atom stereocenters. The van der Waals surface area contributed by atoms with E-state index in [0.717, 1.165) is 18.8 Å². The van der Waals surface area contributed by atoms with Crippen LogP contribution in [0.2, 0.25) is 0 Å². The lowest BCUT2D eigenvalue weighted by Crippen LogP contribution is -2.46. The standard InChI is InChI=1S/C18H32N4O/c1-11-14(17(2,3)4)13-9-12(21-16(23)19-8)10-22(13)15(20-11)18(5,6)7/h11-12H,9-10H2,1-8H3,(H2,19,21,23)/t11-,12-/m0/s1. The lowest BCUT2D eigenvalue weighted by atomic mass is 9.79. The summed E-state index contributed by atoms with van der Waals surface area (Å²) >= 11 is 0. The second-order valence-electron chi connectivity index (χ2n) is 8.72. The van der Waals surface area contributed by atoms with Crippen LogP contribution in [0.5, 0.6) is 0 Å². The fourth-order valence-electron chi connectivity index (χ4n) is 3.78. The molecule has 0 aliphatic carbocycles. The molecule has 0 aromatic heterocycles. The van der Waals surface area contributed by atoms with Crippen LogP contribution in [0.4, 0.5) is 4.79 Å². The molecule has 2 heterocycles. The summed E-state index contributed by atoms with van der Waals surface area (Å²) in [7, 11) is 1.65. The SMILES string of the molecule is CNC(=O)N[C@H]1CC2=C(C(C)(C)C)[C@H](C)N=C(C(C)(C)C)N2C1. The van der Waals surface area contributed by atoms with Crippen LogP contribution in [-0.2, 0) is 0 Å². The Morgan fingerprint density at radius 3 is 2.26 bits per heavy atom. The third-order valence-electron chi connectivity index (χ3n) is 4.51. The molecule has 23 heavy (non-hydrogen) atoms. The Labute approximate surface area is 140 Å². The third-order valence-corrected chi connectivity index (χ3v) is 4.51. The molecule has 0 aromatic carbocycles. The number of amides is 2. The van der Waals surface area contributed by atoms with Crippen molar-refractivity contribution in [1.29, 1.82) is 0 Å². The highest BCUT2D eigenvalue weighted by molar-refractivity contribution is 5.90. The first-order chi connectivity index (χ1) is 10.4. The van der Waals surface area contributed by atoms with Gasteiger partial charge in [0.1, 0.15) is 5.84 Å². The molecule has 0 spiro atoms. The topological polar surface area (TPSA) is 56.7 Å². The molecule has 1 saturated heterocycles. The van der Waals surface area contributed by atoms with Gasteiger partial charge >= 0.3 is 6.03 Å². The number of amidine groups is 1. The van der Waals surface area contributed by atoms with E-state index in [2.05, 4.69) is 64.0 Å². The van der Waals surface area contributed by atoms with E-state index in [1.54, 1.807) is 7.05 Å². The first kappa shape index (κ1) is 17.8. The maximum atomic E-state index is 11.7. The summed E-state index contributed by atoms with van der Waals surface area (Å²) in [5.41, 5.74) is 2.81. The Morgan fingerprint density at radius 2 is 1.78 bits per heavy atom. The molecule has 5 heteroatoms. The van der Waals surface area contributed by atoms with Gasteiger partial charge in [-0.2, -0.15) is 0 Å². The number of aliphatic imine (C=N–C) groups is 1. The summed E-state index contributed by atoms with van der Waals surface area (Å²) in [6, 6.07) is 0.199. The number of nitrogens with one attached hydrogen (secondary N) is 2. The maximum absolute atomic E-state index is 11.7. The van der Waals surface area contributed by atoms with Gasteiger partial charge in [0.05, 0.1) is 12.1 Å². The number of urea groups is 1. The van der Waals surface area contributed by atoms with Gasteiger partial charge < -0.3 is 15.5 Å². The van der Waals surface area contributed by atoms with Gasteiger partial charge in [-0.15, -0.1) is 0 Å². The molecule has 0 bridgehead atoms. The summed E-state index contributed by atoms with van der Waals surface area (Å²) in [6.07, 6.45) is 0.874. The summed E-state index contributed by atoms with van der Waals surface area (Å²) < 4.78 is 0. The minimum absolute atomic E-state index is 0.00910. The molecule has 2 rings (SSSR count). The van der Waals surface area contributed by atoms with Crippen LogP contribution >= 0.6 is 0 Å². The van der Waals surface area contributed by atoms with Gasteiger partial charge in [-0.05, 0) is 17.9 Å². The zero-order chi connectivity index (χ0) is 17.6. The van der Waals surface area contributed by atoms with Crippen molar-refractivity contribution in [2.75, 3.05) is 13.6 Å². The molecule has 2 N–H and O–H groups in total. The fraction of sp³-hybridized carbons (Fsp3) is 0.778. The average Bonchev–Trinajstić information content (AvgIpc) is 2.77. The molecular formula is C18H32N4O. The van der Waals surface area contributed by atoms with Crippen molar-refractivity contribution in [3.8, 4) is 0 Å². The van der Waals surface area contributed by atoms with Gasteiger partial charge in [-0.1, -0.05) is 41.5 Å². The Morgan fingerprint density at radius 1 is 1.17 bits per heavy atom. The number of nitrogens with zero attached hydrogens (tertiary/aromatic N) is 2. The molecule has 2 amide bonds. The molecule has 0 saturated carbocycles. The van der Waals surface area contributed by atoms with Crippen LogP contribution in [0.15, 0.2) is 16.3 Å². The fourth-order valence-corrected chi connectivity index (χ4v) is 3.78. The van der Waals surface area contributed by atoms with E-state index in [1.807, 2.05) is 0 Å². The molecule has 0 aromatic rings. The lowest BCUT2D eigenvalue weighted by molar-refractivity contribution is 0.239. The Bertz CT molecular complexity index is 548. The van der Waals surface area contributed by atoms with Gasteiger partial charge in [0.25, 0.3) is 0 Å². The molecule has 2 atom stereocenters. The number of hydrogen-bond donors (Lipinski definition) is 2. The van der Waals surface area contributed by atoms with Crippen LogP contribution in [0.25, 0.3) is 0 Å². The molecule has 0 radical (unpaired) electrons. The summed E-state index contributed by atoms with van der Waals surface area (Å²) in [4.78, 5) is 19.1. The second-order valence-corrected chi connectivity index (χ2v) is 8.72. The van der Waals surface area contributed by atoms with E-state index in [1.165, 1.54) is 11.3 Å². The van der Waals surface area contributed by atoms with E-state index in [0.29, 0.717) is 0 Å². The van der Waals surface area contributed by atoms with E-state index >= 15 is 0 Å². The number of fused-ring (bicyclic) bond motifs is 1. The van der Waals surface area contributed by atoms with Gasteiger partial charge in [-0.25, -0.2) is 4.79 Å². The van der Waals surface area contributed by atoms with Crippen molar-refractivity contribution < 1.29 is 4.79 Å². The minimum atomic E-state index is -0.116. The van der Waals surface area contributed by atoms with E-state index in [4.69, 9.17) is 4.99 Å². The van der Waals surface area contributed by atoms with Crippen LogP contribution in [0, 0.1) is 10.8 Å². The van der Waals surface area contributed by atoms with Crippen LogP contribution in [0.1, 0.15) is 54.9 Å². The van der Waals surface area contributed by atoms with Crippen LogP contribution in [-0.4, -0.2) is 42.4 Å². The number of carbonyl (C=O) groups is 1. The van der Waals surface area contributed by atoms with Crippen molar-refractivity contribution in [3.05, 3.63) is 11.3 Å². The third kappa shape index (κ3) is 3.54. The van der Waals surface area contributed by atoms with Gasteiger partial charge in [-0.3, -0.25) is 4.99 Å².